The van der Waals surface area contributed by atoms with Crippen LogP contribution in [0.4, 0.5) is 5.69 Å². The molecule has 0 amide bonds. The van der Waals surface area contributed by atoms with Gasteiger partial charge in [0, 0.05) is 17.7 Å². The van der Waals surface area contributed by atoms with Crippen LogP contribution in [-0.4, -0.2) is 31.2 Å². The number of aromatic nitrogens is 4. The van der Waals surface area contributed by atoms with Crippen LogP contribution >= 0.6 is 0 Å². The molecule has 1 aromatic heterocycles. The molecule has 0 radical (unpaired) electrons. The summed E-state index contributed by atoms with van der Waals surface area (Å²) in [7, 11) is 0. The molecule has 0 aliphatic carbocycles. The lowest BCUT2D eigenvalue weighted by Gasteiger charge is -2.10. The first-order valence-corrected chi connectivity index (χ1v) is 6.70. The third-order valence-corrected chi connectivity index (χ3v) is 3.21. The smallest absolute Gasteiger partial charge is 0.272 e. The third kappa shape index (κ3) is 3.60. The highest BCUT2D eigenvalue weighted by Gasteiger charge is 2.15. The molecule has 0 fully saturated rings. The summed E-state index contributed by atoms with van der Waals surface area (Å²) in [6, 6.07) is 5.36. The molecule has 0 aliphatic rings. The highest BCUT2D eigenvalue weighted by Crippen LogP contribution is 2.21. The van der Waals surface area contributed by atoms with Gasteiger partial charge in [-0.3, -0.25) is 10.1 Å². The van der Waals surface area contributed by atoms with Gasteiger partial charge < -0.3 is 5.32 Å². The minimum atomic E-state index is -0.375. The standard InChI is InChI=1S/C13H18N6O2/c1-9(2)14-7-13-15-16-17-18(13)8-11-5-4-6-12(10(11)3)19(20)21/h4-6,9,14H,7-8H2,1-3H3. The molecule has 1 aromatic carbocycles. The molecular formula is C13H18N6O2. The van der Waals surface area contributed by atoms with Gasteiger partial charge in [-0.25, -0.2) is 4.68 Å². The number of benzene rings is 1. The number of nitro benzene ring substituents is 1. The largest absolute Gasteiger partial charge is 0.308 e. The molecule has 0 aliphatic heterocycles. The number of nitro groups is 1. The Labute approximate surface area is 122 Å². The van der Waals surface area contributed by atoms with Crippen LogP contribution < -0.4 is 5.32 Å². The maximum absolute atomic E-state index is 11.0. The van der Waals surface area contributed by atoms with Gasteiger partial charge in [-0.1, -0.05) is 26.0 Å². The zero-order valence-corrected chi connectivity index (χ0v) is 12.3. The van der Waals surface area contributed by atoms with Crippen molar-refractivity contribution in [1.82, 2.24) is 25.5 Å². The topological polar surface area (TPSA) is 98.8 Å². The second-order valence-electron chi connectivity index (χ2n) is 5.11. The molecule has 8 nitrogen and oxygen atoms in total. The van der Waals surface area contributed by atoms with E-state index in [1.807, 2.05) is 19.9 Å². The fraction of sp³-hybridized carbons (Fsp3) is 0.462. The summed E-state index contributed by atoms with van der Waals surface area (Å²) >= 11 is 0. The predicted octanol–water partition coefficient (Wildman–Crippen LogP) is 1.44. The van der Waals surface area contributed by atoms with E-state index in [-0.39, 0.29) is 10.6 Å². The molecule has 0 saturated carbocycles. The molecule has 1 N–H and O–H groups in total. The summed E-state index contributed by atoms with van der Waals surface area (Å²) in [5.41, 5.74) is 1.59. The monoisotopic (exact) mass is 290 g/mol. The molecule has 21 heavy (non-hydrogen) atoms. The van der Waals surface area contributed by atoms with Gasteiger partial charge in [0.1, 0.15) is 0 Å². The van der Waals surface area contributed by atoms with E-state index in [9.17, 15) is 10.1 Å². The van der Waals surface area contributed by atoms with Crippen LogP contribution in [0.3, 0.4) is 0 Å². The normalized spacial score (nSPS) is 11.0. The second-order valence-corrected chi connectivity index (χ2v) is 5.11. The molecule has 112 valence electrons. The van der Waals surface area contributed by atoms with E-state index in [1.165, 1.54) is 6.07 Å². The number of nitrogens with zero attached hydrogens (tertiary/aromatic N) is 5. The first-order chi connectivity index (χ1) is 9.99. The van der Waals surface area contributed by atoms with E-state index in [0.29, 0.717) is 30.5 Å². The Morgan fingerprint density at radius 3 is 2.86 bits per heavy atom. The maximum atomic E-state index is 11.0. The highest BCUT2D eigenvalue weighted by atomic mass is 16.6. The minimum Gasteiger partial charge on any atom is -0.308 e. The van der Waals surface area contributed by atoms with Gasteiger partial charge >= 0.3 is 0 Å². The molecule has 1 heterocycles. The Morgan fingerprint density at radius 1 is 1.43 bits per heavy atom. The van der Waals surface area contributed by atoms with Crippen molar-refractivity contribution in [2.75, 3.05) is 0 Å². The summed E-state index contributed by atoms with van der Waals surface area (Å²) in [6.45, 7) is 6.79. The number of hydrogen-bond acceptors (Lipinski definition) is 6. The van der Waals surface area contributed by atoms with E-state index >= 15 is 0 Å². The van der Waals surface area contributed by atoms with Crippen LogP contribution in [0.5, 0.6) is 0 Å². The van der Waals surface area contributed by atoms with Crippen molar-refractivity contribution in [2.24, 2.45) is 0 Å². The van der Waals surface area contributed by atoms with Gasteiger partial charge in [-0.05, 0) is 22.9 Å². The molecule has 2 rings (SSSR count). The van der Waals surface area contributed by atoms with Gasteiger partial charge in [-0.15, -0.1) is 5.10 Å². The lowest BCUT2D eigenvalue weighted by atomic mass is 10.1. The van der Waals surface area contributed by atoms with E-state index in [0.717, 1.165) is 5.56 Å². The van der Waals surface area contributed by atoms with E-state index in [2.05, 4.69) is 20.8 Å². The van der Waals surface area contributed by atoms with Gasteiger partial charge in [0.05, 0.1) is 18.0 Å². The zero-order chi connectivity index (χ0) is 15.4. The van der Waals surface area contributed by atoms with Gasteiger partial charge in [0.2, 0.25) is 0 Å². The quantitative estimate of drug-likeness (QED) is 0.638. The van der Waals surface area contributed by atoms with Crippen LogP contribution in [-0.2, 0) is 13.1 Å². The third-order valence-electron chi connectivity index (χ3n) is 3.21. The molecule has 0 saturated heterocycles. The van der Waals surface area contributed by atoms with E-state index in [1.54, 1.807) is 17.7 Å². The fourth-order valence-corrected chi connectivity index (χ4v) is 1.97. The maximum Gasteiger partial charge on any atom is 0.272 e. The summed E-state index contributed by atoms with van der Waals surface area (Å²) in [4.78, 5) is 10.6. The zero-order valence-electron chi connectivity index (χ0n) is 12.3. The Morgan fingerprint density at radius 2 is 2.19 bits per heavy atom. The molecule has 0 unspecified atom stereocenters. The van der Waals surface area contributed by atoms with E-state index < -0.39 is 0 Å². The van der Waals surface area contributed by atoms with Crippen LogP contribution in [0, 0.1) is 17.0 Å². The molecule has 0 atom stereocenters. The Hall–Kier alpha value is -2.35. The van der Waals surface area contributed by atoms with Crippen LogP contribution in [0.2, 0.25) is 0 Å². The van der Waals surface area contributed by atoms with Crippen molar-refractivity contribution < 1.29 is 4.92 Å². The predicted molar refractivity (Wildman–Crippen MR) is 76.7 cm³/mol. The molecule has 0 bridgehead atoms. The summed E-state index contributed by atoms with van der Waals surface area (Å²) in [5, 5.41) is 25.8. The summed E-state index contributed by atoms with van der Waals surface area (Å²) in [6.07, 6.45) is 0. The average molecular weight is 290 g/mol. The first-order valence-electron chi connectivity index (χ1n) is 6.70. The summed E-state index contributed by atoms with van der Waals surface area (Å²) in [5.74, 6) is 0.703. The van der Waals surface area contributed by atoms with Crippen molar-refractivity contribution in [3.05, 3.63) is 45.3 Å². The average Bonchev–Trinajstić information content (AvgIpc) is 2.85. The molecule has 8 heteroatoms. The second kappa shape index (κ2) is 6.40. The van der Waals surface area contributed by atoms with Crippen molar-refractivity contribution in [2.45, 2.75) is 39.9 Å². The van der Waals surface area contributed by atoms with Gasteiger partial charge in [0.25, 0.3) is 5.69 Å². The lowest BCUT2D eigenvalue weighted by Crippen LogP contribution is -2.24. The number of nitrogens with one attached hydrogen (secondary N) is 1. The van der Waals surface area contributed by atoms with Crippen molar-refractivity contribution in [3.8, 4) is 0 Å². The highest BCUT2D eigenvalue weighted by molar-refractivity contribution is 5.44. The van der Waals surface area contributed by atoms with Crippen LogP contribution in [0.15, 0.2) is 18.2 Å². The molecular weight excluding hydrogens is 272 g/mol. The first kappa shape index (κ1) is 15.0. The molecule has 2 aromatic rings. The van der Waals surface area contributed by atoms with Crippen molar-refractivity contribution in [3.63, 3.8) is 0 Å². The van der Waals surface area contributed by atoms with Crippen molar-refractivity contribution >= 4 is 5.69 Å². The van der Waals surface area contributed by atoms with Crippen molar-refractivity contribution in [1.29, 1.82) is 0 Å². The Bertz CT molecular complexity index is 637. The minimum absolute atomic E-state index is 0.113. The van der Waals surface area contributed by atoms with Gasteiger partial charge in [0.15, 0.2) is 5.82 Å². The Kier molecular flexibility index (Phi) is 4.59. The van der Waals surface area contributed by atoms with Crippen LogP contribution in [0.25, 0.3) is 0 Å². The van der Waals surface area contributed by atoms with E-state index in [4.69, 9.17) is 0 Å². The summed E-state index contributed by atoms with van der Waals surface area (Å²) < 4.78 is 1.65. The molecule has 0 spiro atoms. The number of rotatable bonds is 6. The van der Waals surface area contributed by atoms with Crippen LogP contribution in [0.1, 0.15) is 30.8 Å². The number of tetrazole rings is 1. The number of hydrogen-bond donors (Lipinski definition) is 1. The van der Waals surface area contributed by atoms with Gasteiger partial charge in [-0.2, -0.15) is 0 Å². The lowest BCUT2D eigenvalue weighted by molar-refractivity contribution is -0.385. The fourth-order valence-electron chi connectivity index (χ4n) is 1.97. The SMILES string of the molecule is Cc1c(Cn2nnnc2CNC(C)C)cccc1[N+](=O)[O-]. The Balaban J connectivity index is 2.21.